The van der Waals surface area contributed by atoms with Crippen molar-refractivity contribution in [2.24, 2.45) is 11.8 Å². The minimum absolute atomic E-state index is 0.148. The molecule has 0 aliphatic carbocycles. The molecule has 6 nitrogen and oxygen atoms in total. The zero-order chi connectivity index (χ0) is 22.7. The number of benzene rings is 1. The van der Waals surface area contributed by atoms with Gasteiger partial charge in [0.2, 0.25) is 0 Å². The Morgan fingerprint density at radius 1 is 1.16 bits per heavy atom. The highest BCUT2D eigenvalue weighted by Crippen LogP contribution is 2.29. The number of fused-ring (bicyclic) bond motifs is 1. The maximum absolute atomic E-state index is 13.3. The van der Waals surface area contributed by atoms with Crippen molar-refractivity contribution in [1.29, 1.82) is 0 Å². The van der Waals surface area contributed by atoms with Gasteiger partial charge in [0.1, 0.15) is 0 Å². The summed E-state index contributed by atoms with van der Waals surface area (Å²) in [5.74, 6) is 0.773. The number of thiophene rings is 1. The molecule has 0 bridgehead atoms. The zero-order valence-electron chi connectivity index (χ0n) is 19.1. The second kappa shape index (κ2) is 9.96. The molecule has 1 amide bonds. The monoisotopic (exact) mass is 452 g/mol. The fraction of sp³-hybridized carbons (Fsp3) is 0.480. The maximum atomic E-state index is 13.3. The van der Waals surface area contributed by atoms with Crippen LogP contribution < -0.4 is 10.9 Å². The lowest BCUT2D eigenvalue weighted by molar-refractivity contribution is 0.0909. The van der Waals surface area contributed by atoms with Gasteiger partial charge in [-0.15, -0.1) is 11.3 Å². The number of amides is 1. The standard InChI is InChI=1S/C25H32N4O2S/c1-17(2)16-29-25(31)20-8-5-4-7-19(20)23(27-29)24(30)26-15-21(22-9-6-14-32-22)28-12-10-18(3)11-13-28/h4-9,14,17-18,21H,10-13,15-16H2,1-3H3,(H,26,30). The molecule has 1 saturated heterocycles. The van der Waals surface area contributed by atoms with Gasteiger partial charge < -0.3 is 5.32 Å². The first-order chi connectivity index (χ1) is 15.4. The average molecular weight is 453 g/mol. The molecule has 4 rings (SSSR count). The average Bonchev–Trinajstić information content (AvgIpc) is 3.31. The first-order valence-corrected chi connectivity index (χ1v) is 12.4. The smallest absolute Gasteiger partial charge is 0.274 e. The van der Waals surface area contributed by atoms with Crippen LogP contribution in [0.2, 0.25) is 0 Å². The minimum atomic E-state index is -0.231. The topological polar surface area (TPSA) is 67.2 Å². The van der Waals surface area contributed by atoms with Gasteiger partial charge in [0.05, 0.1) is 11.4 Å². The molecule has 1 aliphatic heterocycles. The Labute approximate surface area is 193 Å². The van der Waals surface area contributed by atoms with Gasteiger partial charge >= 0.3 is 0 Å². The Balaban J connectivity index is 1.60. The Morgan fingerprint density at radius 3 is 2.53 bits per heavy atom. The Hall–Kier alpha value is -2.51. The molecule has 170 valence electrons. The van der Waals surface area contributed by atoms with E-state index in [9.17, 15) is 9.59 Å². The SMILES string of the molecule is CC(C)Cn1nc(C(=O)NCC(c2cccs2)N2CCC(C)CC2)c2ccccc2c1=O. The molecule has 3 aromatic rings. The van der Waals surface area contributed by atoms with Gasteiger partial charge in [0.15, 0.2) is 5.69 Å². The number of likely N-dealkylation sites (tertiary alicyclic amines) is 1. The lowest BCUT2D eigenvalue weighted by Gasteiger charge is -2.36. The molecule has 1 unspecified atom stereocenters. The Morgan fingerprint density at radius 2 is 1.88 bits per heavy atom. The molecule has 0 radical (unpaired) electrons. The molecule has 1 atom stereocenters. The highest BCUT2D eigenvalue weighted by Gasteiger charge is 2.26. The molecule has 0 saturated carbocycles. The number of nitrogens with one attached hydrogen (secondary N) is 1. The van der Waals surface area contributed by atoms with Gasteiger partial charge in [-0.25, -0.2) is 4.68 Å². The molecule has 0 spiro atoms. The van der Waals surface area contributed by atoms with E-state index < -0.39 is 0 Å². The summed E-state index contributed by atoms with van der Waals surface area (Å²) in [5.41, 5.74) is 0.169. The zero-order valence-corrected chi connectivity index (χ0v) is 19.9. The molecule has 1 aromatic carbocycles. The number of piperidine rings is 1. The number of hydrogen-bond donors (Lipinski definition) is 1. The third kappa shape index (κ3) is 4.94. The van der Waals surface area contributed by atoms with Crippen LogP contribution in [0.1, 0.15) is 55.0 Å². The second-order valence-corrected chi connectivity index (χ2v) is 10.2. The molecule has 1 N–H and O–H groups in total. The molecule has 32 heavy (non-hydrogen) atoms. The number of carbonyl (C=O) groups is 1. The van der Waals surface area contributed by atoms with Crippen molar-refractivity contribution in [3.63, 3.8) is 0 Å². The van der Waals surface area contributed by atoms with Gasteiger partial charge in [-0.1, -0.05) is 45.0 Å². The van der Waals surface area contributed by atoms with E-state index in [4.69, 9.17) is 0 Å². The lowest BCUT2D eigenvalue weighted by atomic mass is 9.97. The predicted molar refractivity (Wildman–Crippen MR) is 130 cm³/mol. The number of nitrogens with zero attached hydrogens (tertiary/aromatic N) is 3. The van der Waals surface area contributed by atoms with E-state index in [2.05, 4.69) is 39.8 Å². The molecule has 3 heterocycles. The van der Waals surface area contributed by atoms with Crippen molar-refractivity contribution in [2.75, 3.05) is 19.6 Å². The van der Waals surface area contributed by atoms with Crippen molar-refractivity contribution in [2.45, 2.75) is 46.2 Å². The lowest BCUT2D eigenvalue weighted by Crippen LogP contribution is -2.42. The van der Waals surface area contributed by atoms with Gasteiger partial charge in [-0.05, 0) is 55.3 Å². The third-order valence-corrected chi connectivity index (χ3v) is 7.18. The predicted octanol–water partition coefficient (Wildman–Crippen LogP) is 4.32. The number of hydrogen-bond acceptors (Lipinski definition) is 5. The highest BCUT2D eigenvalue weighted by molar-refractivity contribution is 7.10. The van der Waals surface area contributed by atoms with Gasteiger partial charge in [0, 0.05) is 23.4 Å². The number of rotatable bonds is 7. The summed E-state index contributed by atoms with van der Waals surface area (Å²) in [6.07, 6.45) is 2.37. The van der Waals surface area contributed by atoms with Crippen LogP contribution in [0.5, 0.6) is 0 Å². The summed E-state index contributed by atoms with van der Waals surface area (Å²) >= 11 is 1.73. The normalized spacial score (nSPS) is 16.5. The third-order valence-electron chi connectivity index (χ3n) is 6.21. The van der Waals surface area contributed by atoms with Crippen molar-refractivity contribution < 1.29 is 4.79 Å². The minimum Gasteiger partial charge on any atom is -0.349 e. The van der Waals surface area contributed by atoms with Crippen LogP contribution in [-0.2, 0) is 6.54 Å². The molecule has 1 aliphatic rings. The van der Waals surface area contributed by atoms with E-state index in [0.29, 0.717) is 29.6 Å². The van der Waals surface area contributed by atoms with Gasteiger partial charge in [0.25, 0.3) is 11.5 Å². The molecular weight excluding hydrogens is 420 g/mol. The fourth-order valence-corrected chi connectivity index (χ4v) is 5.24. The maximum Gasteiger partial charge on any atom is 0.274 e. The van der Waals surface area contributed by atoms with Crippen molar-refractivity contribution >= 4 is 28.0 Å². The summed E-state index contributed by atoms with van der Waals surface area (Å²) < 4.78 is 1.44. The van der Waals surface area contributed by atoms with Crippen LogP contribution >= 0.6 is 11.3 Å². The van der Waals surface area contributed by atoms with E-state index >= 15 is 0 Å². The van der Waals surface area contributed by atoms with Crippen molar-refractivity contribution in [3.05, 3.63) is 62.7 Å². The van der Waals surface area contributed by atoms with Crippen molar-refractivity contribution in [3.8, 4) is 0 Å². The first kappa shape index (κ1) is 22.7. The Kier molecular flexibility index (Phi) is 7.06. The van der Waals surface area contributed by atoms with Crippen LogP contribution in [0.25, 0.3) is 10.8 Å². The van der Waals surface area contributed by atoms with E-state index in [0.717, 1.165) is 19.0 Å². The van der Waals surface area contributed by atoms with Crippen LogP contribution in [-0.4, -0.2) is 40.2 Å². The summed E-state index contributed by atoms with van der Waals surface area (Å²) in [6, 6.07) is 11.6. The number of carbonyl (C=O) groups excluding carboxylic acids is 1. The van der Waals surface area contributed by atoms with Crippen LogP contribution in [0.3, 0.4) is 0 Å². The molecular formula is C25H32N4O2S. The number of aromatic nitrogens is 2. The van der Waals surface area contributed by atoms with Gasteiger partial charge in [-0.2, -0.15) is 5.10 Å². The van der Waals surface area contributed by atoms with Crippen LogP contribution in [0.4, 0.5) is 0 Å². The highest BCUT2D eigenvalue weighted by atomic mass is 32.1. The summed E-state index contributed by atoms with van der Waals surface area (Å²) in [4.78, 5) is 29.9. The quantitative estimate of drug-likeness (QED) is 0.580. The van der Waals surface area contributed by atoms with E-state index in [1.165, 1.54) is 22.4 Å². The van der Waals surface area contributed by atoms with E-state index in [-0.39, 0.29) is 23.4 Å². The molecule has 7 heteroatoms. The molecule has 1 fully saturated rings. The summed E-state index contributed by atoms with van der Waals surface area (Å²) in [7, 11) is 0. The summed E-state index contributed by atoms with van der Waals surface area (Å²) in [5, 5.41) is 10.9. The molecule has 2 aromatic heterocycles. The van der Waals surface area contributed by atoms with E-state index in [1.807, 2.05) is 26.0 Å². The first-order valence-electron chi connectivity index (χ1n) is 11.5. The van der Waals surface area contributed by atoms with E-state index in [1.54, 1.807) is 23.5 Å². The van der Waals surface area contributed by atoms with Crippen molar-refractivity contribution in [1.82, 2.24) is 20.0 Å². The van der Waals surface area contributed by atoms with Crippen LogP contribution in [0, 0.1) is 11.8 Å². The van der Waals surface area contributed by atoms with Gasteiger partial charge in [-0.3, -0.25) is 14.5 Å². The van der Waals surface area contributed by atoms with Crippen LogP contribution in [0.15, 0.2) is 46.6 Å². The largest absolute Gasteiger partial charge is 0.349 e. The second-order valence-electron chi connectivity index (χ2n) is 9.24. The fourth-order valence-electron chi connectivity index (χ4n) is 4.38. The Bertz CT molecular complexity index is 1110. The summed E-state index contributed by atoms with van der Waals surface area (Å²) in [6.45, 7) is 9.46.